The van der Waals surface area contributed by atoms with Gasteiger partial charge in [-0.3, -0.25) is 5.84 Å². The third-order valence-corrected chi connectivity index (χ3v) is 2.66. The van der Waals surface area contributed by atoms with Gasteiger partial charge in [0.05, 0.1) is 0 Å². The van der Waals surface area contributed by atoms with Crippen LogP contribution in [0.3, 0.4) is 0 Å². The van der Waals surface area contributed by atoms with Crippen LogP contribution in [-0.4, -0.2) is 11.4 Å². The first kappa shape index (κ1) is 13.6. The van der Waals surface area contributed by atoms with Crippen molar-refractivity contribution >= 4 is 23.2 Å². The number of nitrogens with two attached hydrogens (primary N) is 1. The van der Waals surface area contributed by atoms with Crippen LogP contribution in [0.25, 0.3) is 0 Å². The van der Waals surface area contributed by atoms with Gasteiger partial charge in [-0.25, -0.2) is 9.82 Å². The van der Waals surface area contributed by atoms with E-state index in [-0.39, 0.29) is 17.0 Å². The molecule has 7 heteroatoms. The van der Waals surface area contributed by atoms with Crippen molar-refractivity contribution in [2.45, 2.75) is 17.8 Å². The first-order valence-corrected chi connectivity index (χ1v) is 5.07. The molecule has 0 aliphatic carbocycles. The van der Waals surface area contributed by atoms with Gasteiger partial charge in [0.2, 0.25) is 0 Å². The highest BCUT2D eigenvalue weighted by molar-refractivity contribution is 6.31. The van der Waals surface area contributed by atoms with Crippen LogP contribution < -0.4 is 11.3 Å². The van der Waals surface area contributed by atoms with Gasteiger partial charge in [-0.15, -0.1) is 0 Å². The number of hydrogen-bond donors (Lipinski definition) is 2. The minimum atomic E-state index is -3.54. The summed E-state index contributed by atoms with van der Waals surface area (Å²) in [6.45, 7) is 0. The Morgan fingerprint density at radius 2 is 2.06 bits per heavy atom. The predicted molar refractivity (Wildman–Crippen MR) is 57.0 cm³/mol. The lowest BCUT2D eigenvalue weighted by molar-refractivity contribution is 0.0502. The molecule has 1 aromatic carbocycles. The van der Waals surface area contributed by atoms with Crippen LogP contribution in [0.5, 0.6) is 0 Å². The second-order valence-corrected chi connectivity index (χ2v) is 4.11. The first-order valence-electron chi connectivity index (χ1n) is 4.31. The zero-order valence-corrected chi connectivity index (χ0v) is 9.50. The summed E-state index contributed by atoms with van der Waals surface area (Å²) in [5.41, 5.74) is 2.09. The van der Waals surface area contributed by atoms with E-state index in [0.717, 1.165) is 12.1 Å². The molecule has 1 atom stereocenters. The molecule has 0 saturated heterocycles. The van der Waals surface area contributed by atoms with Crippen molar-refractivity contribution in [1.29, 1.82) is 0 Å². The quantitative estimate of drug-likeness (QED) is 0.503. The molecule has 0 saturated carbocycles. The van der Waals surface area contributed by atoms with Crippen molar-refractivity contribution in [2.75, 3.05) is 0 Å². The highest BCUT2D eigenvalue weighted by Gasteiger charge is 2.36. The van der Waals surface area contributed by atoms with E-state index in [4.69, 9.17) is 29.0 Å². The molecule has 2 nitrogen and oxygen atoms in total. The van der Waals surface area contributed by atoms with Crippen LogP contribution in [0.4, 0.5) is 13.2 Å². The average Bonchev–Trinajstić information content (AvgIpc) is 2.17. The Morgan fingerprint density at radius 1 is 1.44 bits per heavy atom. The monoisotopic (exact) mass is 272 g/mol. The summed E-state index contributed by atoms with van der Waals surface area (Å²) < 4.78 is 38.4. The van der Waals surface area contributed by atoms with Crippen LogP contribution in [0.1, 0.15) is 5.56 Å². The Balaban J connectivity index is 2.90. The lowest BCUT2D eigenvalue weighted by Gasteiger charge is -2.21. The third-order valence-electron chi connectivity index (χ3n) is 2.03. The van der Waals surface area contributed by atoms with E-state index in [1.54, 1.807) is 0 Å². The molecule has 0 bridgehead atoms. The second kappa shape index (κ2) is 5.23. The van der Waals surface area contributed by atoms with Crippen molar-refractivity contribution in [3.63, 3.8) is 0 Å². The Bertz CT molecular complexity index is 368. The maximum Gasteiger partial charge on any atom is 0.338 e. The van der Waals surface area contributed by atoms with Crippen LogP contribution in [-0.2, 0) is 6.42 Å². The molecule has 0 spiro atoms. The van der Waals surface area contributed by atoms with Gasteiger partial charge < -0.3 is 0 Å². The van der Waals surface area contributed by atoms with Gasteiger partial charge in [0.25, 0.3) is 0 Å². The minimum absolute atomic E-state index is 0.183. The van der Waals surface area contributed by atoms with Gasteiger partial charge in [0.15, 0.2) is 0 Å². The molecule has 3 N–H and O–H groups in total. The lowest BCUT2D eigenvalue weighted by atomic mass is 10.1. The van der Waals surface area contributed by atoms with Crippen LogP contribution in [0.2, 0.25) is 5.02 Å². The zero-order valence-electron chi connectivity index (χ0n) is 7.98. The summed E-state index contributed by atoms with van der Waals surface area (Å²) in [6, 6.07) is 1.96. The molecule has 0 aromatic heterocycles. The smallest absolute Gasteiger partial charge is 0.271 e. The zero-order chi connectivity index (χ0) is 12.3. The van der Waals surface area contributed by atoms with Gasteiger partial charge in [0, 0.05) is 5.02 Å². The highest BCUT2D eigenvalue weighted by Crippen LogP contribution is 2.28. The predicted octanol–water partition coefficient (Wildman–Crippen LogP) is 2.69. The lowest BCUT2D eigenvalue weighted by Crippen LogP contribution is -2.47. The summed E-state index contributed by atoms with van der Waals surface area (Å²) in [6.07, 6.45) is -0.274. The van der Waals surface area contributed by atoms with E-state index in [1.807, 2.05) is 5.43 Å². The van der Waals surface area contributed by atoms with Crippen LogP contribution in [0, 0.1) is 5.82 Å². The van der Waals surface area contributed by atoms with E-state index >= 15 is 0 Å². The second-order valence-electron chi connectivity index (χ2n) is 3.20. The largest absolute Gasteiger partial charge is 0.338 e. The maximum atomic E-state index is 12.9. The fraction of sp³-hybridized carbons (Fsp3) is 0.333. The van der Waals surface area contributed by atoms with Gasteiger partial charge in [-0.2, -0.15) is 8.78 Å². The van der Waals surface area contributed by atoms with E-state index in [2.05, 4.69) is 0 Å². The Morgan fingerprint density at radius 3 is 2.56 bits per heavy atom. The number of hydrogen-bond acceptors (Lipinski definition) is 2. The summed E-state index contributed by atoms with van der Waals surface area (Å²) >= 11 is 10.6. The minimum Gasteiger partial charge on any atom is -0.271 e. The number of halogens is 5. The summed E-state index contributed by atoms with van der Waals surface area (Å²) in [4.78, 5) is 0. The van der Waals surface area contributed by atoms with Gasteiger partial charge in [-0.1, -0.05) is 11.6 Å². The Kier molecular flexibility index (Phi) is 4.43. The number of hydrazine groups is 1. The van der Waals surface area contributed by atoms with E-state index in [1.165, 1.54) is 6.07 Å². The van der Waals surface area contributed by atoms with E-state index in [9.17, 15) is 13.2 Å². The average molecular weight is 273 g/mol. The number of nitrogens with one attached hydrogen (secondary N) is 1. The van der Waals surface area contributed by atoms with Crippen molar-refractivity contribution in [3.05, 3.63) is 34.6 Å². The molecule has 16 heavy (non-hydrogen) atoms. The van der Waals surface area contributed by atoms with Gasteiger partial charge >= 0.3 is 5.38 Å². The molecule has 0 fully saturated rings. The maximum absolute atomic E-state index is 12.9. The summed E-state index contributed by atoms with van der Waals surface area (Å²) in [7, 11) is 0. The number of alkyl halides is 3. The van der Waals surface area contributed by atoms with Gasteiger partial charge in [-0.05, 0) is 41.8 Å². The third kappa shape index (κ3) is 3.52. The SMILES string of the molecule is NNC(Cc1cc(F)ccc1Cl)C(F)(F)Cl. The fourth-order valence-electron chi connectivity index (χ4n) is 1.19. The molecular weight excluding hydrogens is 264 g/mol. The normalized spacial score (nSPS) is 13.9. The molecule has 0 amide bonds. The molecule has 0 heterocycles. The number of benzene rings is 1. The van der Waals surface area contributed by atoms with Gasteiger partial charge in [0.1, 0.15) is 11.9 Å². The summed E-state index contributed by atoms with van der Waals surface area (Å²) in [5.74, 6) is 4.38. The van der Waals surface area contributed by atoms with Crippen molar-refractivity contribution in [1.82, 2.24) is 5.43 Å². The molecule has 0 aliphatic rings. The highest BCUT2D eigenvalue weighted by atomic mass is 35.5. The number of rotatable bonds is 4. The fourth-order valence-corrected chi connectivity index (χ4v) is 1.52. The summed E-state index contributed by atoms with van der Waals surface area (Å²) in [5, 5.41) is -3.35. The standard InChI is InChI=1S/C9H9Cl2F3N2/c10-7-2-1-6(12)3-5(7)4-8(16-15)9(11,13)14/h1-3,8,16H,4,15H2. The molecule has 0 radical (unpaired) electrons. The van der Waals surface area contributed by atoms with E-state index < -0.39 is 17.2 Å². The first-order chi connectivity index (χ1) is 7.34. The Labute approximate surface area is 100 Å². The van der Waals surface area contributed by atoms with Crippen LogP contribution in [0.15, 0.2) is 18.2 Å². The molecule has 0 aliphatic heterocycles. The molecule has 90 valence electrons. The van der Waals surface area contributed by atoms with Crippen molar-refractivity contribution in [2.24, 2.45) is 5.84 Å². The Hall–Kier alpha value is -0.490. The van der Waals surface area contributed by atoms with E-state index in [0.29, 0.717) is 0 Å². The topological polar surface area (TPSA) is 38.0 Å². The molecule has 1 rings (SSSR count). The van der Waals surface area contributed by atoms with Crippen molar-refractivity contribution in [3.8, 4) is 0 Å². The molecule has 1 unspecified atom stereocenters. The molecule has 1 aromatic rings. The van der Waals surface area contributed by atoms with Crippen molar-refractivity contribution < 1.29 is 13.2 Å². The van der Waals surface area contributed by atoms with Crippen LogP contribution >= 0.6 is 23.2 Å². The molecular formula is C9H9Cl2F3N2.